The largest absolute Gasteiger partial charge is 0.352 e. The Morgan fingerprint density at radius 2 is 1.71 bits per heavy atom. The van der Waals surface area contributed by atoms with E-state index >= 15 is 0 Å². The van der Waals surface area contributed by atoms with Gasteiger partial charge >= 0.3 is 0 Å². The van der Waals surface area contributed by atoms with E-state index in [1.54, 1.807) is 17.5 Å². The van der Waals surface area contributed by atoms with Crippen LogP contribution in [-0.2, 0) is 14.8 Å². The third kappa shape index (κ3) is 4.63. The summed E-state index contributed by atoms with van der Waals surface area (Å²) in [4.78, 5) is 15.1. The zero-order chi connectivity index (χ0) is 19.6. The minimum Gasteiger partial charge on any atom is -0.352 e. The Morgan fingerprint density at radius 3 is 2.32 bits per heavy atom. The van der Waals surface area contributed by atoms with Gasteiger partial charge < -0.3 is 5.32 Å². The van der Waals surface area contributed by atoms with Gasteiger partial charge in [0.2, 0.25) is 15.9 Å². The molecule has 0 spiro atoms. The molecule has 1 unspecified atom stereocenters. The quantitative estimate of drug-likeness (QED) is 0.723. The monoisotopic (exact) mass is 419 g/mol. The highest BCUT2D eigenvalue weighted by Gasteiger charge is 2.34. The van der Waals surface area contributed by atoms with Crippen LogP contribution < -0.4 is 10.0 Å². The van der Waals surface area contributed by atoms with Crippen molar-refractivity contribution in [1.29, 1.82) is 0 Å². The van der Waals surface area contributed by atoms with E-state index in [9.17, 15) is 13.2 Å². The fourth-order valence-corrected chi connectivity index (χ4v) is 5.96. The van der Waals surface area contributed by atoms with Crippen LogP contribution in [0.2, 0.25) is 0 Å². The predicted octanol–water partition coefficient (Wildman–Crippen LogP) is 2.51. The maximum absolute atomic E-state index is 12.9. The Morgan fingerprint density at radius 1 is 1.00 bits per heavy atom. The summed E-state index contributed by atoms with van der Waals surface area (Å²) in [7, 11) is -3.46. The standard InChI is InChI=1S/C20H25N3O3S2/c24-20(21-16-8-9-16)19(15-5-2-1-3-6-15)23-12-10-17(11-13-23)22-28(25,26)18-7-4-14-27-18/h1-7,14,16-17,19,22H,8-13H2,(H,21,24). The van der Waals surface area contributed by atoms with Crippen molar-refractivity contribution in [3.05, 3.63) is 53.4 Å². The first-order valence-electron chi connectivity index (χ1n) is 9.68. The van der Waals surface area contributed by atoms with E-state index in [0.717, 1.165) is 18.4 Å². The highest BCUT2D eigenvalue weighted by molar-refractivity contribution is 7.91. The van der Waals surface area contributed by atoms with Gasteiger partial charge in [0.1, 0.15) is 10.3 Å². The zero-order valence-electron chi connectivity index (χ0n) is 15.6. The number of carbonyl (C=O) groups is 1. The predicted molar refractivity (Wildman–Crippen MR) is 110 cm³/mol. The van der Waals surface area contributed by atoms with Crippen LogP contribution in [0.4, 0.5) is 0 Å². The summed E-state index contributed by atoms with van der Waals surface area (Å²) in [6.45, 7) is 1.35. The molecule has 2 fully saturated rings. The number of benzene rings is 1. The third-order valence-electron chi connectivity index (χ3n) is 5.26. The summed E-state index contributed by atoms with van der Waals surface area (Å²) >= 11 is 1.22. The number of likely N-dealkylation sites (tertiary alicyclic amines) is 1. The molecule has 1 aromatic carbocycles. The first kappa shape index (κ1) is 19.6. The Labute approximate surface area is 170 Å². The molecule has 1 amide bonds. The molecule has 1 saturated carbocycles. The lowest BCUT2D eigenvalue weighted by molar-refractivity contribution is -0.127. The number of nitrogens with zero attached hydrogens (tertiary/aromatic N) is 1. The molecule has 8 heteroatoms. The van der Waals surface area contributed by atoms with Gasteiger partial charge in [0, 0.05) is 25.2 Å². The minimum atomic E-state index is -3.46. The van der Waals surface area contributed by atoms with Crippen LogP contribution in [0.15, 0.2) is 52.1 Å². The second-order valence-electron chi connectivity index (χ2n) is 7.46. The zero-order valence-corrected chi connectivity index (χ0v) is 17.2. The van der Waals surface area contributed by atoms with Crippen molar-refractivity contribution >= 4 is 27.3 Å². The third-order valence-corrected chi connectivity index (χ3v) is 8.18. The molecule has 2 aliphatic rings. The Balaban J connectivity index is 1.42. The van der Waals surface area contributed by atoms with Gasteiger partial charge in [-0.05, 0) is 42.7 Å². The molecule has 28 heavy (non-hydrogen) atoms. The van der Waals surface area contributed by atoms with Crippen molar-refractivity contribution in [2.24, 2.45) is 0 Å². The van der Waals surface area contributed by atoms with Crippen molar-refractivity contribution in [3.8, 4) is 0 Å². The molecule has 2 aromatic rings. The number of thiophene rings is 1. The molecule has 2 heterocycles. The van der Waals surface area contributed by atoms with E-state index in [0.29, 0.717) is 36.2 Å². The van der Waals surface area contributed by atoms with Crippen molar-refractivity contribution in [1.82, 2.24) is 14.9 Å². The molecule has 2 N–H and O–H groups in total. The first-order valence-corrected chi connectivity index (χ1v) is 12.0. The molecular formula is C20H25N3O3S2. The van der Waals surface area contributed by atoms with Crippen molar-refractivity contribution in [2.75, 3.05) is 13.1 Å². The SMILES string of the molecule is O=C(NC1CC1)C(c1ccccc1)N1CCC(NS(=O)(=O)c2cccs2)CC1. The van der Waals surface area contributed by atoms with Gasteiger partial charge in [-0.1, -0.05) is 36.4 Å². The average molecular weight is 420 g/mol. The summed E-state index contributed by atoms with van der Waals surface area (Å²) < 4.78 is 28.1. The van der Waals surface area contributed by atoms with E-state index in [-0.39, 0.29) is 18.0 Å². The summed E-state index contributed by atoms with van der Waals surface area (Å²) in [5.41, 5.74) is 0.985. The Kier molecular flexibility index (Phi) is 5.82. The van der Waals surface area contributed by atoms with Gasteiger partial charge in [-0.3, -0.25) is 9.69 Å². The average Bonchev–Trinajstić information content (AvgIpc) is 3.31. The molecule has 150 valence electrons. The molecule has 0 bridgehead atoms. The van der Waals surface area contributed by atoms with Gasteiger partial charge in [0.15, 0.2) is 0 Å². The van der Waals surface area contributed by atoms with Crippen LogP contribution in [-0.4, -0.2) is 44.4 Å². The fraction of sp³-hybridized carbons (Fsp3) is 0.450. The van der Waals surface area contributed by atoms with Gasteiger partial charge in [-0.25, -0.2) is 13.1 Å². The van der Waals surface area contributed by atoms with E-state index < -0.39 is 10.0 Å². The second-order valence-corrected chi connectivity index (χ2v) is 10.3. The lowest BCUT2D eigenvalue weighted by Crippen LogP contribution is -2.49. The smallest absolute Gasteiger partial charge is 0.250 e. The minimum absolute atomic E-state index is 0.0475. The van der Waals surface area contributed by atoms with Crippen LogP contribution in [0.1, 0.15) is 37.3 Å². The number of carbonyl (C=O) groups excluding carboxylic acids is 1. The molecule has 1 aromatic heterocycles. The molecular weight excluding hydrogens is 394 g/mol. The Bertz CT molecular complexity index is 888. The molecule has 1 saturated heterocycles. The number of hydrogen-bond acceptors (Lipinski definition) is 5. The van der Waals surface area contributed by atoms with Crippen LogP contribution in [0.3, 0.4) is 0 Å². The lowest BCUT2D eigenvalue weighted by atomic mass is 9.99. The number of amides is 1. The van der Waals surface area contributed by atoms with Crippen LogP contribution >= 0.6 is 11.3 Å². The summed E-state index contributed by atoms with van der Waals surface area (Å²) in [5.74, 6) is 0.0475. The molecule has 1 aliphatic heterocycles. The number of rotatable bonds is 7. The highest BCUT2D eigenvalue weighted by Crippen LogP contribution is 2.28. The van der Waals surface area contributed by atoms with Crippen molar-refractivity contribution in [3.63, 3.8) is 0 Å². The molecule has 1 aliphatic carbocycles. The number of piperidine rings is 1. The molecule has 4 rings (SSSR count). The normalized spacial score (nSPS) is 20.0. The van der Waals surface area contributed by atoms with Crippen molar-refractivity contribution < 1.29 is 13.2 Å². The molecule has 6 nitrogen and oxygen atoms in total. The summed E-state index contributed by atoms with van der Waals surface area (Å²) in [6, 6.07) is 13.1. The lowest BCUT2D eigenvalue weighted by Gasteiger charge is -2.37. The van der Waals surface area contributed by atoms with E-state index in [1.165, 1.54) is 11.3 Å². The molecule has 1 atom stereocenters. The number of hydrogen-bond donors (Lipinski definition) is 2. The van der Waals surface area contributed by atoms with Gasteiger partial charge in [0.25, 0.3) is 0 Å². The van der Waals surface area contributed by atoms with E-state index in [2.05, 4.69) is 14.9 Å². The maximum Gasteiger partial charge on any atom is 0.250 e. The fourth-order valence-electron chi connectivity index (χ4n) is 3.64. The number of nitrogens with one attached hydrogen (secondary N) is 2. The first-order chi connectivity index (χ1) is 13.5. The summed E-state index contributed by atoms with van der Waals surface area (Å²) in [6.07, 6.45) is 3.48. The second kappa shape index (κ2) is 8.32. The maximum atomic E-state index is 12.9. The highest BCUT2D eigenvalue weighted by atomic mass is 32.2. The van der Waals surface area contributed by atoms with Crippen molar-refractivity contribution in [2.45, 2.75) is 48.0 Å². The summed E-state index contributed by atoms with van der Waals surface area (Å²) in [5, 5.41) is 4.89. The Hall–Kier alpha value is -1.74. The van der Waals surface area contributed by atoms with Gasteiger partial charge in [-0.2, -0.15) is 0 Å². The molecule has 0 radical (unpaired) electrons. The van der Waals surface area contributed by atoms with E-state index in [4.69, 9.17) is 0 Å². The van der Waals surface area contributed by atoms with Crippen LogP contribution in [0.25, 0.3) is 0 Å². The number of sulfonamides is 1. The van der Waals surface area contributed by atoms with Gasteiger partial charge in [0.05, 0.1) is 0 Å². The topological polar surface area (TPSA) is 78.5 Å². The van der Waals surface area contributed by atoms with Crippen LogP contribution in [0, 0.1) is 0 Å². The van der Waals surface area contributed by atoms with Gasteiger partial charge in [-0.15, -0.1) is 11.3 Å². The van der Waals surface area contributed by atoms with Crippen LogP contribution in [0.5, 0.6) is 0 Å². The van der Waals surface area contributed by atoms with E-state index in [1.807, 2.05) is 30.3 Å².